The van der Waals surface area contributed by atoms with Crippen LogP contribution in [0.2, 0.25) is 0 Å². The molecule has 2 atom stereocenters. The third-order valence-electron chi connectivity index (χ3n) is 4.43. The van der Waals surface area contributed by atoms with Gasteiger partial charge < -0.3 is 10.2 Å². The molecule has 1 aliphatic heterocycles. The molecule has 0 aromatic carbocycles. The molecule has 3 nitrogen and oxygen atoms in total. The summed E-state index contributed by atoms with van der Waals surface area (Å²) in [7, 11) is 0. The Bertz CT molecular complexity index is 439. The van der Waals surface area contributed by atoms with Gasteiger partial charge in [-0.3, -0.25) is 0 Å². The molecule has 2 aliphatic rings. The normalized spacial score (nSPS) is 25.9. The number of thiazole rings is 1. The van der Waals surface area contributed by atoms with Gasteiger partial charge in [-0.25, -0.2) is 4.98 Å². The van der Waals surface area contributed by atoms with E-state index in [2.05, 4.69) is 36.0 Å². The number of aromatic nitrogens is 1. The van der Waals surface area contributed by atoms with Crippen LogP contribution in [0.3, 0.4) is 0 Å². The maximum Gasteiger partial charge on any atom is 0.0900 e. The summed E-state index contributed by atoms with van der Waals surface area (Å²) in [5, 5.41) is 4.90. The summed E-state index contributed by atoms with van der Waals surface area (Å²) in [5.41, 5.74) is 1.20. The van der Waals surface area contributed by atoms with E-state index >= 15 is 0 Å². The topological polar surface area (TPSA) is 28.2 Å². The number of nitrogens with zero attached hydrogens (tertiary/aromatic N) is 2. The zero-order valence-electron chi connectivity index (χ0n) is 12.3. The molecule has 0 amide bonds. The summed E-state index contributed by atoms with van der Waals surface area (Å²) in [6, 6.07) is 1.38. The second-order valence-electron chi connectivity index (χ2n) is 6.19. The molecule has 2 unspecified atom stereocenters. The van der Waals surface area contributed by atoms with Gasteiger partial charge in [0.1, 0.15) is 0 Å². The molecule has 2 heterocycles. The van der Waals surface area contributed by atoms with Crippen molar-refractivity contribution in [3.8, 4) is 0 Å². The third kappa shape index (κ3) is 3.18. The molecule has 106 valence electrons. The van der Waals surface area contributed by atoms with E-state index in [9.17, 15) is 0 Å². The number of likely N-dealkylation sites (tertiary alicyclic amines) is 1. The van der Waals surface area contributed by atoms with E-state index in [0.717, 1.165) is 18.5 Å². The van der Waals surface area contributed by atoms with E-state index in [4.69, 9.17) is 0 Å². The van der Waals surface area contributed by atoms with Crippen molar-refractivity contribution in [3.05, 3.63) is 15.6 Å². The number of rotatable bonds is 5. The second kappa shape index (κ2) is 5.51. The highest BCUT2D eigenvalue weighted by Crippen LogP contribution is 2.32. The van der Waals surface area contributed by atoms with Gasteiger partial charge in [0.15, 0.2) is 0 Å². The zero-order chi connectivity index (χ0) is 13.4. The Labute approximate surface area is 120 Å². The van der Waals surface area contributed by atoms with Crippen LogP contribution in [0.15, 0.2) is 0 Å². The maximum atomic E-state index is 4.53. The third-order valence-corrected chi connectivity index (χ3v) is 5.68. The van der Waals surface area contributed by atoms with Crippen LogP contribution in [0, 0.1) is 19.8 Å². The van der Waals surface area contributed by atoms with E-state index in [1.165, 1.54) is 47.9 Å². The molecule has 1 N–H and O–H groups in total. The fourth-order valence-electron chi connectivity index (χ4n) is 3.19. The molecule has 0 spiro atoms. The van der Waals surface area contributed by atoms with E-state index in [-0.39, 0.29) is 0 Å². The van der Waals surface area contributed by atoms with Crippen LogP contribution in [-0.2, 0) is 0 Å². The standard InChI is InChI=1S/C15H25N3S/c1-10(15-11(2)17-12(3)19-15)16-8-13-6-7-18(9-13)14-4-5-14/h10,13-14,16H,4-9H2,1-3H3. The van der Waals surface area contributed by atoms with Gasteiger partial charge in [0, 0.05) is 23.5 Å². The molecular weight excluding hydrogens is 254 g/mol. The lowest BCUT2D eigenvalue weighted by molar-refractivity contribution is 0.310. The van der Waals surface area contributed by atoms with Crippen molar-refractivity contribution in [1.82, 2.24) is 15.2 Å². The highest BCUT2D eigenvalue weighted by Gasteiger charge is 2.34. The molecule has 1 saturated carbocycles. The van der Waals surface area contributed by atoms with Crippen LogP contribution < -0.4 is 5.32 Å². The fraction of sp³-hybridized carbons (Fsp3) is 0.800. The molecule has 4 heteroatoms. The Hall–Kier alpha value is -0.450. The van der Waals surface area contributed by atoms with E-state index < -0.39 is 0 Å². The Morgan fingerprint density at radius 1 is 1.37 bits per heavy atom. The summed E-state index contributed by atoms with van der Waals surface area (Å²) < 4.78 is 0. The van der Waals surface area contributed by atoms with E-state index in [1.54, 1.807) is 0 Å². The Morgan fingerprint density at radius 2 is 2.16 bits per heavy atom. The van der Waals surface area contributed by atoms with Crippen molar-refractivity contribution in [2.24, 2.45) is 5.92 Å². The zero-order valence-corrected chi connectivity index (χ0v) is 13.1. The minimum Gasteiger partial charge on any atom is -0.309 e. The summed E-state index contributed by atoms with van der Waals surface area (Å²) in [6.07, 6.45) is 4.25. The van der Waals surface area contributed by atoms with Crippen LogP contribution in [0.4, 0.5) is 0 Å². The lowest BCUT2D eigenvalue weighted by Gasteiger charge is -2.18. The van der Waals surface area contributed by atoms with Crippen molar-refractivity contribution in [3.63, 3.8) is 0 Å². The highest BCUT2D eigenvalue weighted by atomic mass is 32.1. The minimum atomic E-state index is 0.446. The predicted molar refractivity (Wildman–Crippen MR) is 80.7 cm³/mol. The average Bonchev–Trinajstić information content (AvgIpc) is 3.02. The first kappa shape index (κ1) is 13.5. The van der Waals surface area contributed by atoms with E-state index in [1.807, 2.05) is 11.3 Å². The number of hydrogen-bond acceptors (Lipinski definition) is 4. The van der Waals surface area contributed by atoms with Gasteiger partial charge in [0.05, 0.1) is 10.7 Å². The molecule has 3 rings (SSSR count). The Balaban J connectivity index is 1.48. The number of nitrogens with one attached hydrogen (secondary N) is 1. The van der Waals surface area contributed by atoms with Gasteiger partial charge in [0.2, 0.25) is 0 Å². The SMILES string of the molecule is Cc1nc(C)c(C(C)NCC2CCN(C3CC3)C2)s1. The van der Waals surface area contributed by atoms with Crippen molar-refractivity contribution < 1.29 is 0 Å². The molecule has 1 saturated heterocycles. The molecule has 1 aromatic heterocycles. The van der Waals surface area contributed by atoms with Gasteiger partial charge in [-0.1, -0.05) is 0 Å². The first-order valence-corrected chi connectivity index (χ1v) is 8.36. The number of hydrogen-bond donors (Lipinski definition) is 1. The molecule has 1 aliphatic carbocycles. The van der Waals surface area contributed by atoms with Crippen molar-refractivity contribution in [2.75, 3.05) is 19.6 Å². The van der Waals surface area contributed by atoms with Crippen molar-refractivity contribution in [2.45, 2.75) is 52.1 Å². The summed E-state index contributed by atoms with van der Waals surface area (Å²) >= 11 is 1.84. The van der Waals surface area contributed by atoms with Crippen LogP contribution in [0.5, 0.6) is 0 Å². The van der Waals surface area contributed by atoms with Crippen LogP contribution in [0.1, 0.15) is 47.8 Å². The van der Waals surface area contributed by atoms with Gasteiger partial charge in [0.25, 0.3) is 0 Å². The quantitative estimate of drug-likeness (QED) is 0.898. The minimum absolute atomic E-state index is 0.446. The molecular formula is C15H25N3S. The summed E-state index contributed by atoms with van der Waals surface area (Å²) in [4.78, 5) is 8.63. The average molecular weight is 279 g/mol. The summed E-state index contributed by atoms with van der Waals surface area (Å²) in [6.45, 7) is 10.3. The Kier molecular flexibility index (Phi) is 3.92. The predicted octanol–water partition coefficient (Wildman–Crippen LogP) is 2.89. The van der Waals surface area contributed by atoms with Crippen molar-refractivity contribution >= 4 is 11.3 Å². The lowest BCUT2D eigenvalue weighted by atomic mass is 10.1. The van der Waals surface area contributed by atoms with Gasteiger partial charge in [-0.05, 0) is 59.0 Å². The lowest BCUT2D eigenvalue weighted by Crippen LogP contribution is -2.29. The van der Waals surface area contributed by atoms with Crippen LogP contribution >= 0.6 is 11.3 Å². The molecule has 0 bridgehead atoms. The van der Waals surface area contributed by atoms with Gasteiger partial charge in [-0.15, -0.1) is 11.3 Å². The maximum absolute atomic E-state index is 4.53. The Morgan fingerprint density at radius 3 is 2.79 bits per heavy atom. The smallest absolute Gasteiger partial charge is 0.0900 e. The second-order valence-corrected chi connectivity index (χ2v) is 7.43. The number of aryl methyl sites for hydroxylation is 2. The van der Waals surface area contributed by atoms with Gasteiger partial charge in [-0.2, -0.15) is 0 Å². The van der Waals surface area contributed by atoms with E-state index in [0.29, 0.717) is 6.04 Å². The van der Waals surface area contributed by atoms with Crippen LogP contribution in [0.25, 0.3) is 0 Å². The van der Waals surface area contributed by atoms with Crippen LogP contribution in [-0.4, -0.2) is 35.6 Å². The fourth-order valence-corrected chi connectivity index (χ4v) is 4.14. The molecule has 1 aromatic rings. The first-order chi connectivity index (χ1) is 9.13. The molecule has 19 heavy (non-hydrogen) atoms. The van der Waals surface area contributed by atoms with Crippen molar-refractivity contribution in [1.29, 1.82) is 0 Å². The van der Waals surface area contributed by atoms with Gasteiger partial charge >= 0.3 is 0 Å². The summed E-state index contributed by atoms with van der Waals surface area (Å²) in [5.74, 6) is 0.845. The monoisotopic (exact) mass is 279 g/mol. The first-order valence-electron chi connectivity index (χ1n) is 7.55. The molecule has 0 radical (unpaired) electrons. The highest BCUT2D eigenvalue weighted by molar-refractivity contribution is 7.11. The molecule has 2 fully saturated rings. The largest absolute Gasteiger partial charge is 0.309 e.